The minimum atomic E-state index is -0.558. The Bertz CT molecular complexity index is 499. The van der Waals surface area contributed by atoms with E-state index in [4.69, 9.17) is 0 Å². The van der Waals surface area contributed by atoms with Crippen LogP contribution in [0.3, 0.4) is 0 Å². The number of benzene rings is 1. The molecule has 1 nitrogen and oxygen atoms in total. The van der Waals surface area contributed by atoms with Crippen LogP contribution in [0.1, 0.15) is 24.8 Å². The van der Waals surface area contributed by atoms with Gasteiger partial charge in [0.25, 0.3) is 0 Å². The van der Waals surface area contributed by atoms with Crippen molar-refractivity contribution in [2.75, 3.05) is 0 Å². The Morgan fingerprint density at radius 3 is 2.47 bits per heavy atom. The number of aliphatic hydroxyl groups is 1. The van der Waals surface area contributed by atoms with Gasteiger partial charge in [-0.2, -0.15) is 0 Å². The van der Waals surface area contributed by atoms with Gasteiger partial charge in [-0.3, -0.25) is 0 Å². The van der Waals surface area contributed by atoms with Gasteiger partial charge in [0.2, 0.25) is 0 Å². The average molecular weight is 264 g/mol. The Kier molecular flexibility index (Phi) is 2.50. The van der Waals surface area contributed by atoms with Crippen LogP contribution in [-0.2, 0) is 6.42 Å². The second kappa shape index (κ2) is 4.02. The molecular formula is C16H18F2O. The van der Waals surface area contributed by atoms with E-state index < -0.39 is 17.7 Å². The first kappa shape index (κ1) is 11.8. The van der Waals surface area contributed by atoms with Crippen molar-refractivity contribution in [3.05, 3.63) is 35.4 Å². The van der Waals surface area contributed by atoms with Gasteiger partial charge in [-0.15, -0.1) is 0 Å². The number of rotatable bonds is 3. The van der Waals surface area contributed by atoms with Crippen molar-refractivity contribution in [1.82, 2.24) is 0 Å². The molecule has 0 spiro atoms. The maximum absolute atomic E-state index is 13.6. The lowest BCUT2D eigenvalue weighted by Gasteiger charge is -2.15. The first-order valence-corrected chi connectivity index (χ1v) is 7.27. The van der Waals surface area contributed by atoms with Crippen LogP contribution in [0, 0.1) is 41.2 Å². The SMILES string of the molecule is OC(Cc1ccc(F)cc1F)C1C2C3CCC(C3)C12. The van der Waals surface area contributed by atoms with Crippen molar-refractivity contribution in [1.29, 1.82) is 0 Å². The highest BCUT2D eigenvalue weighted by Gasteiger charge is 2.66. The highest BCUT2D eigenvalue weighted by molar-refractivity contribution is 5.22. The van der Waals surface area contributed by atoms with Crippen LogP contribution in [0.2, 0.25) is 0 Å². The lowest BCUT2D eigenvalue weighted by Crippen LogP contribution is -2.19. The molecule has 1 N–H and O–H groups in total. The van der Waals surface area contributed by atoms with Gasteiger partial charge in [-0.05, 0) is 60.5 Å². The Balaban J connectivity index is 1.47. The Morgan fingerprint density at radius 2 is 1.84 bits per heavy atom. The van der Waals surface area contributed by atoms with E-state index in [0.29, 0.717) is 29.7 Å². The van der Waals surface area contributed by atoms with Gasteiger partial charge < -0.3 is 5.11 Å². The fourth-order valence-electron chi connectivity index (χ4n) is 4.96. The zero-order valence-electron chi connectivity index (χ0n) is 10.7. The molecule has 19 heavy (non-hydrogen) atoms. The molecule has 3 aliphatic rings. The predicted molar refractivity (Wildman–Crippen MR) is 67.4 cm³/mol. The number of halogens is 2. The number of aliphatic hydroxyl groups excluding tert-OH is 1. The molecule has 2 bridgehead atoms. The molecule has 0 amide bonds. The van der Waals surface area contributed by atoms with Crippen molar-refractivity contribution < 1.29 is 13.9 Å². The summed E-state index contributed by atoms with van der Waals surface area (Å²) in [7, 11) is 0. The number of hydrogen-bond donors (Lipinski definition) is 1. The maximum Gasteiger partial charge on any atom is 0.129 e. The van der Waals surface area contributed by atoms with E-state index in [1.54, 1.807) is 0 Å². The molecule has 0 heterocycles. The molecule has 3 fully saturated rings. The Morgan fingerprint density at radius 1 is 1.16 bits per heavy atom. The standard InChI is InChI=1S/C16H18F2O/c17-11-4-3-8(12(18)7-11)6-13(19)16-14-9-1-2-10(5-9)15(14)16/h3-4,7,9-10,13-16,19H,1-2,5-6H2. The fraction of sp³-hybridized carbons (Fsp3) is 0.625. The molecule has 1 aromatic carbocycles. The van der Waals surface area contributed by atoms with Crippen LogP contribution >= 0.6 is 0 Å². The number of hydrogen-bond acceptors (Lipinski definition) is 1. The van der Waals surface area contributed by atoms with Gasteiger partial charge in [0.15, 0.2) is 0 Å². The van der Waals surface area contributed by atoms with E-state index in [1.165, 1.54) is 31.4 Å². The highest BCUT2D eigenvalue weighted by atomic mass is 19.1. The summed E-state index contributed by atoms with van der Waals surface area (Å²) in [5, 5.41) is 10.3. The predicted octanol–water partition coefficient (Wildman–Crippen LogP) is 3.16. The summed E-state index contributed by atoms with van der Waals surface area (Å²) >= 11 is 0. The van der Waals surface area contributed by atoms with Crippen LogP contribution in [-0.4, -0.2) is 11.2 Å². The van der Waals surface area contributed by atoms with Gasteiger partial charge in [-0.25, -0.2) is 8.78 Å². The van der Waals surface area contributed by atoms with Crippen molar-refractivity contribution in [3.8, 4) is 0 Å². The van der Waals surface area contributed by atoms with E-state index in [9.17, 15) is 13.9 Å². The molecule has 3 heteroatoms. The van der Waals surface area contributed by atoms with Gasteiger partial charge in [0.05, 0.1) is 6.10 Å². The molecule has 3 saturated carbocycles. The lowest BCUT2D eigenvalue weighted by atomic mass is 9.95. The van der Waals surface area contributed by atoms with Crippen molar-refractivity contribution in [3.63, 3.8) is 0 Å². The van der Waals surface area contributed by atoms with Crippen LogP contribution in [0.25, 0.3) is 0 Å². The summed E-state index contributed by atoms with van der Waals surface area (Å²) < 4.78 is 26.5. The zero-order chi connectivity index (χ0) is 13.1. The second-order valence-electron chi connectivity index (χ2n) is 6.57. The van der Waals surface area contributed by atoms with Crippen molar-refractivity contribution in [2.24, 2.45) is 29.6 Å². The third-order valence-corrected chi connectivity index (χ3v) is 5.68. The Hall–Kier alpha value is -0.960. The van der Waals surface area contributed by atoms with Crippen LogP contribution in [0.4, 0.5) is 8.78 Å². The summed E-state index contributed by atoms with van der Waals surface area (Å²) in [4.78, 5) is 0. The molecule has 0 saturated heterocycles. The summed E-state index contributed by atoms with van der Waals surface area (Å²) in [6, 6.07) is 3.63. The highest BCUT2D eigenvalue weighted by Crippen LogP contribution is 2.70. The Labute approximate surface area is 111 Å². The van der Waals surface area contributed by atoms with E-state index in [-0.39, 0.29) is 0 Å². The van der Waals surface area contributed by atoms with Gasteiger partial charge in [0, 0.05) is 12.5 Å². The quantitative estimate of drug-likeness (QED) is 0.889. The summed E-state index contributed by atoms with van der Waals surface area (Å²) in [5.74, 6) is 2.29. The van der Waals surface area contributed by atoms with E-state index in [1.807, 2.05) is 0 Å². The third-order valence-electron chi connectivity index (χ3n) is 5.68. The molecule has 5 atom stereocenters. The summed E-state index contributed by atoms with van der Waals surface area (Å²) in [6.45, 7) is 0. The molecule has 5 unspecified atom stereocenters. The molecule has 0 aliphatic heterocycles. The molecule has 4 rings (SSSR count). The first-order chi connectivity index (χ1) is 9.15. The number of fused-ring (bicyclic) bond motifs is 5. The molecular weight excluding hydrogens is 246 g/mol. The molecule has 0 radical (unpaired) electrons. The first-order valence-electron chi connectivity index (χ1n) is 7.27. The third kappa shape index (κ3) is 1.74. The molecule has 102 valence electrons. The zero-order valence-corrected chi connectivity index (χ0v) is 10.7. The minimum absolute atomic E-state index is 0.323. The topological polar surface area (TPSA) is 20.2 Å². The van der Waals surface area contributed by atoms with E-state index in [0.717, 1.165) is 17.9 Å². The van der Waals surface area contributed by atoms with Gasteiger partial charge in [-0.1, -0.05) is 6.07 Å². The second-order valence-corrected chi connectivity index (χ2v) is 6.57. The largest absolute Gasteiger partial charge is 0.392 e. The van der Waals surface area contributed by atoms with Crippen molar-refractivity contribution in [2.45, 2.75) is 31.8 Å². The average Bonchev–Trinajstić information content (AvgIpc) is 2.82. The minimum Gasteiger partial charge on any atom is -0.392 e. The van der Waals surface area contributed by atoms with Crippen LogP contribution < -0.4 is 0 Å². The maximum atomic E-state index is 13.6. The van der Waals surface area contributed by atoms with Gasteiger partial charge in [0.1, 0.15) is 11.6 Å². The normalized spacial score (nSPS) is 40.3. The summed E-state index contributed by atoms with van der Waals surface area (Å²) in [5.41, 5.74) is 0.436. The molecule has 1 aromatic rings. The molecule has 0 aromatic heterocycles. The van der Waals surface area contributed by atoms with Gasteiger partial charge >= 0.3 is 0 Å². The van der Waals surface area contributed by atoms with E-state index >= 15 is 0 Å². The summed E-state index contributed by atoms with van der Waals surface area (Å²) in [6.07, 6.45) is 3.85. The fourth-order valence-corrected chi connectivity index (χ4v) is 4.96. The van der Waals surface area contributed by atoms with Crippen LogP contribution in [0.15, 0.2) is 18.2 Å². The van der Waals surface area contributed by atoms with Crippen molar-refractivity contribution >= 4 is 0 Å². The lowest BCUT2D eigenvalue weighted by molar-refractivity contribution is 0.127. The van der Waals surface area contributed by atoms with Crippen LogP contribution in [0.5, 0.6) is 0 Å². The smallest absolute Gasteiger partial charge is 0.129 e. The van der Waals surface area contributed by atoms with E-state index in [2.05, 4.69) is 0 Å². The molecule has 3 aliphatic carbocycles. The monoisotopic (exact) mass is 264 g/mol.